The number of hydrogen-bond acceptors (Lipinski definition) is 7. The van der Waals surface area contributed by atoms with Crippen molar-refractivity contribution >= 4 is 11.8 Å². The Hall–Kier alpha value is -2.57. The third kappa shape index (κ3) is 3.98. The molecule has 0 spiro atoms. The van der Waals surface area contributed by atoms with E-state index < -0.39 is 5.97 Å². The number of nitrogens with two attached hydrogens (primary N) is 1. The van der Waals surface area contributed by atoms with E-state index >= 15 is 0 Å². The lowest BCUT2D eigenvalue weighted by Gasteiger charge is -2.06. The largest absolute Gasteiger partial charge is 0.490 e. The van der Waals surface area contributed by atoms with Crippen molar-refractivity contribution in [2.24, 2.45) is 0 Å². The zero-order valence-electron chi connectivity index (χ0n) is 10.1. The number of carbonyl (C=O) groups is 1. The zero-order chi connectivity index (χ0) is 13.5. The lowest BCUT2D eigenvalue weighted by molar-refractivity contribution is -0.143. The van der Waals surface area contributed by atoms with Crippen LogP contribution in [0.4, 0.5) is 5.82 Å². The van der Waals surface area contributed by atoms with Gasteiger partial charge < -0.3 is 15.2 Å². The molecule has 0 aliphatic carbocycles. The Kier molecular flexibility index (Phi) is 4.33. The van der Waals surface area contributed by atoms with Gasteiger partial charge >= 0.3 is 5.97 Å². The second-order valence-corrected chi connectivity index (χ2v) is 3.65. The Morgan fingerprint density at radius 1 is 1.21 bits per heavy atom. The molecule has 0 saturated carbocycles. The zero-order valence-corrected chi connectivity index (χ0v) is 10.1. The molecule has 0 aliphatic heterocycles. The number of ether oxygens (including phenoxy) is 2. The smallest absolute Gasteiger partial charge is 0.312 e. The van der Waals surface area contributed by atoms with Gasteiger partial charge in [0.2, 0.25) is 0 Å². The number of hydrogen-bond donors (Lipinski definition) is 1. The minimum absolute atomic E-state index is 0.0688. The molecule has 100 valence electrons. The van der Waals surface area contributed by atoms with E-state index in [2.05, 4.69) is 14.9 Å². The first-order chi connectivity index (χ1) is 9.25. The average molecular weight is 263 g/mol. The summed E-state index contributed by atoms with van der Waals surface area (Å²) in [7, 11) is 0. The summed E-state index contributed by atoms with van der Waals surface area (Å²) in [6.07, 6.45) is -0.0688. The molecule has 7 nitrogen and oxygen atoms in total. The molecule has 7 heteroatoms. The molecule has 2 aromatic rings. The summed E-state index contributed by atoms with van der Waals surface area (Å²) in [4.78, 5) is 11.4. The van der Waals surface area contributed by atoms with E-state index in [0.29, 0.717) is 0 Å². The standard InChI is InChI=1S/C12H13N3O4/c13-12-10(14-19-15-12)8-11(16)18-7-6-17-9-4-2-1-3-5-9/h1-5H,6-8H2,(H2,13,15). The van der Waals surface area contributed by atoms with Gasteiger partial charge in [0.05, 0.1) is 6.42 Å². The van der Waals surface area contributed by atoms with Crippen LogP contribution in [0.2, 0.25) is 0 Å². The fraction of sp³-hybridized carbons (Fsp3) is 0.250. The number of aromatic nitrogens is 2. The predicted molar refractivity (Wildman–Crippen MR) is 65.3 cm³/mol. The highest BCUT2D eigenvalue weighted by molar-refractivity contribution is 5.73. The molecule has 0 aliphatic rings. The molecule has 2 N–H and O–H groups in total. The van der Waals surface area contributed by atoms with Crippen molar-refractivity contribution in [2.45, 2.75) is 6.42 Å². The quantitative estimate of drug-likeness (QED) is 0.608. The first kappa shape index (κ1) is 12.9. The Bertz CT molecular complexity index is 527. The first-order valence-electron chi connectivity index (χ1n) is 5.66. The normalized spacial score (nSPS) is 10.1. The van der Waals surface area contributed by atoms with Crippen LogP contribution in [0.25, 0.3) is 0 Å². The van der Waals surface area contributed by atoms with Crippen molar-refractivity contribution in [2.75, 3.05) is 18.9 Å². The van der Waals surface area contributed by atoms with Crippen molar-refractivity contribution in [1.82, 2.24) is 10.3 Å². The van der Waals surface area contributed by atoms with Gasteiger partial charge in [0.1, 0.15) is 24.7 Å². The minimum Gasteiger partial charge on any atom is -0.490 e. The number of para-hydroxylation sites is 1. The molecule has 0 fully saturated rings. The highest BCUT2D eigenvalue weighted by atomic mass is 16.6. The van der Waals surface area contributed by atoms with Crippen LogP contribution in [0.1, 0.15) is 5.69 Å². The second kappa shape index (κ2) is 6.39. The number of esters is 1. The summed E-state index contributed by atoms with van der Waals surface area (Å²) in [5, 5.41) is 6.85. The van der Waals surface area contributed by atoms with Crippen molar-refractivity contribution in [1.29, 1.82) is 0 Å². The summed E-state index contributed by atoms with van der Waals surface area (Å²) in [5.74, 6) is 0.361. The highest BCUT2D eigenvalue weighted by Gasteiger charge is 2.12. The van der Waals surface area contributed by atoms with E-state index in [0.717, 1.165) is 5.75 Å². The van der Waals surface area contributed by atoms with E-state index in [1.807, 2.05) is 30.3 Å². The average Bonchev–Trinajstić information content (AvgIpc) is 2.82. The lowest BCUT2D eigenvalue weighted by Crippen LogP contribution is -2.14. The highest BCUT2D eigenvalue weighted by Crippen LogP contribution is 2.08. The van der Waals surface area contributed by atoms with Gasteiger partial charge in [-0.3, -0.25) is 4.79 Å². The SMILES string of the molecule is Nc1nonc1CC(=O)OCCOc1ccccc1. The molecule has 0 bridgehead atoms. The van der Waals surface area contributed by atoms with Crippen LogP contribution in [-0.2, 0) is 16.0 Å². The van der Waals surface area contributed by atoms with Crippen LogP contribution in [-0.4, -0.2) is 29.5 Å². The van der Waals surface area contributed by atoms with E-state index in [-0.39, 0.29) is 31.1 Å². The maximum atomic E-state index is 11.4. The number of nitrogen functional groups attached to an aromatic ring is 1. The topological polar surface area (TPSA) is 100 Å². The minimum atomic E-state index is -0.459. The van der Waals surface area contributed by atoms with Crippen molar-refractivity contribution < 1.29 is 18.9 Å². The maximum absolute atomic E-state index is 11.4. The van der Waals surface area contributed by atoms with Crippen LogP contribution in [0.5, 0.6) is 5.75 Å². The summed E-state index contributed by atoms with van der Waals surface area (Å²) in [5.41, 5.74) is 5.69. The summed E-state index contributed by atoms with van der Waals surface area (Å²) in [6.45, 7) is 0.432. The summed E-state index contributed by atoms with van der Waals surface area (Å²) >= 11 is 0. The second-order valence-electron chi connectivity index (χ2n) is 3.65. The molecule has 19 heavy (non-hydrogen) atoms. The van der Waals surface area contributed by atoms with Crippen LogP contribution in [0.15, 0.2) is 35.0 Å². The van der Waals surface area contributed by atoms with Crippen LogP contribution in [0.3, 0.4) is 0 Å². The number of anilines is 1. The third-order valence-electron chi connectivity index (χ3n) is 2.26. The maximum Gasteiger partial charge on any atom is 0.312 e. The molecule has 0 radical (unpaired) electrons. The number of nitrogens with zero attached hydrogens (tertiary/aromatic N) is 2. The number of rotatable bonds is 6. The van der Waals surface area contributed by atoms with Crippen LogP contribution >= 0.6 is 0 Å². The van der Waals surface area contributed by atoms with Gasteiger partial charge in [-0.1, -0.05) is 23.4 Å². The number of carbonyl (C=O) groups excluding carboxylic acids is 1. The molecule has 0 amide bonds. The molecule has 2 rings (SSSR count). The van der Waals surface area contributed by atoms with Gasteiger partial charge in [-0.05, 0) is 17.3 Å². The van der Waals surface area contributed by atoms with Crippen molar-refractivity contribution in [3.63, 3.8) is 0 Å². The predicted octanol–water partition coefficient (Wildman–Crippen LogP) is 0.816. The van der Waals surface area contributed by atoms with E-state index in [4.69, 9.17) is 15.2 Å². The molecule has 0 saturated heterocycles. The van der Waals surface area contributed by atoms with Gasteiger partial charge in [-0.2, -0.15) is 0 Å². The Balaban J connectivity index is 1.66. The van der Waals surface area contributed by atoms with E-state index in [1.165, 1.54) is 0 Å². The Labute approximate surface area is 109 Å². The first-order valence-corrected chi connectivity index (χ1v) is 5.66. The van der Waals surface area contributed by atoms with Gasteiger partial charge in [0.25, 0.3) is 0 Å². The van der Waals surface area contributed by atoms with Gasteiger partial charge in [0.15, 0.2) is 5.82 Å². The summed E-state index contributed by atoms with van der Waals surface area (Å²) in [6, 6.07) is 9.26. The van der Waals surface area contributed by atoms with Crippen LogP contribution in [0, 0.1) is 0 Å². The molecule has 1 aromatic heterocycles. The Morgan fingerprint density at radius 2 is 2.00 bits per heavy atom. The lowest BCUT2D eigenvalue weighted by atomic mass is 10.3. The fourth-order valence-corrected chi connectivity index (χ4v) is 1.36. The van der Waals surface area contributed by atoms with Crippen molar-refractivity contribution in [3.8, 4) is 5.75 Å². The molecule has 1 heterocycles. The van der Waals surface area contributed by atoms with E-state index in [1.54, 1.807) is 0 Å². The molecule has 1 aromatic carbocycles. The van der Waals surface area contributed by atoms with Crippen LogP contribution < -0.4 is 10.5 Å². The van der Waals surface area contributed by atoms with Gasteiger partial charge in [0, 0.05) is 0 Å². The van der Waals surface area contributed by atoms with Gasteiger partial charge in [-0.25, -0.2) is 4.63 Å². The Morgan fingerprint density at radius 3 is 2.68 bits per heavy atom. The molecular formula is C12H13N3O4. The molecular weight excluding hydrogens is 250 g/mol. The number of benzene rings is 1. The summed E-state index contributed by atoms with van der Waals surface area (Å²) < 4.78 is 14.7. The third-order valence-corrected chi connectivity index (χ3v) is 2.26. The van der Waals surface area contributed by atoms with Crippen molar-refractivity contribution in [3.05, 3.63) is 36.0 Å². The van der Waals surface area contributed by atoms with E-state index in [9.17, 15) is 4.79 Å². The fourth-order valence-electron chi connectivity index (χ4n) is 1.36. The van der Waals surface area contributed by atoms with Gasteiger partial charge in [-0.15, -0.1) is 0 Å². The molecule has 0 atom stereocenters. The molecule has 0 unspecified atom stereocenters. The monoisotopic (exact) mass is 263 g/mol.